The second-order valence-electron chi connectivity index (χ2n) is 7.16. The minimum absolute atomic E-state index is 0.168. The molecule has 1 aromatic carbocycles. The summed E-state index contributed by atoms with van der Waals surface area (Å²) in [6.07, 6.45) is 3.32. The van der Waals surface area contributed by atoms with E-state index in [1.165, 1.54) is 6.42 Å². The maximum atomic E-state index is 12.0. The third kappa shape index (κ3) is 5.76. The Labute approximate surface area is 150 Å². The molecule has 0 aromatic heterocycles. The van der Waals surface area contributed by atoms with Crippen LogP contribution in [0.3, 0.4) is 0 Å². The lowest BCUT2D eigenvalue weighted by atomic mass is 9.78. The number of carbonyl (C=O) groups excluding carboxylic acids is 2. The maximum absolute atomic E-state index is 12.0. The molecule has 0 saturated heterocycles. The number of ether oxygens (including phenoxy) is 2. The van der Waals surface area contributed by atoms with Crippen LogP contribution in [-0.2, 0) is 14.3 Å². The van der Waals surface area contributed by atoms with Gasteiger partial charge >= 0.3 is 5.97 Å². The Morgan fingerprint density at radius 2 is 1.92 bits per heavy atom. The van der Waals surface area contributed by atoms with Crippen LogP contribution in [0.1, 0.15) is 44.2 Å². The first-order valence-electron chi connectivity index (χ1n) is 9.02. The summed E-state index contributed by atoms with van der Waals surface area (Å²) in [4.78, 5) is 23.8. The van der Waals surface area contributed by atoms with E-state index in [2.05, 4.69) is 19.2 Å². The van der Waals surface area contributed by atoms with Crippen LogP contribution in [0.25, 0.3) is 0 Å². The van der Waals surface area contributed by atoms with E-state index >= 15 is 0 Å². The maximum Gasteiger partial charge on any atom is 0.344 e. The number of rotatable bonds is 6. The normalized spacial score (nSPS) is 23.0. The molecular weight excluding hydrogens is 318 g/mol. The molecule has 2 rings (SSSR count). The van der Waals surface area contributed by atoms with Crippen molar-refractivity contribution in [3.8, 4) is 5.75 Å². The van der Waals surface area contributed by atoms with Gasteiger partial charge in [-0.3, -0.25) is 4.79 Å². The first-order chi connectivity index (χ1) is 11.9. The van der Waals surface area contributed by atoms with Gasteiger partial charge in [0, 0.05) is 6.04 Å². The molecule has 0 heterocycles. The van der Waals surface area contributed by atoms with Crippen LogP contribution in [0, 0.1) is 25.7 Å². The van der Waals surface area contributed by atoms with Gasteiger partial charge in [0.2, 0.25) is 0 Å². The van der Waals surface area contributed by atoms with Crippen LogP contribution < -0.4 is 10.1 Å². The highest BCUT2D eigenvalue weighted by molar-refractivity contribution is 5.81. The molecule has 5 heteroatoms. The third-order valence-corrected chi connectivity index (χ3v) is 5.11. The topological polar surface area (TPSA) is 64.6 Å². The molecule has 3 atom stereocenters. The number of amides is 1. The van der Waals surface area contributed by atoms with Gasteiger partial charge in [-0.25, -0.2) is 4.79 Å². The molecule has 5 nitrogen and oxygen atoms in total. The van der Waals surface area contributed by atoms with Gasteiger partial charge in [-0.15, -0.1) is 0 Å². The van der Waals surface area contributed by atoms with Crippen LogP contribution >= 0.6 is 0 Å². The predicted octanol–water partition coefficient (Wildman–Crippen LogP) is 3.17. The van der Waals surface area contributed by atoms with E-state index in [0.717, 1.165) is 24.0 Å². The number of benzene rings is 1. The van der Waals surface area contributed by atoms with Gasteiger partial charge in [-0.05, 0) is 49.3 Å². The van der Waals surface area contributed by atoms with Gasteiger partial charge in [0.1, 0.15) is 5.75 Å². The molecule has 0 radical (unpaired) electrons. The number of hydrogen-bond donors (Lipinski definition) is 1. The monoisotopic (exact) mass is 347 g/mol. The van der Waals surface area contributed by atoms with E-state index in [1.807, 2.05) is 32.0 Å². The Hall–Kier alpha value is -2.04. The fourth-order valence-corrected chi connectivity index (χ4v) is 3.22. The molecule has 1 saturated carbocycles. The molecule has 0 aliphatic heterocycles. The summed E-state index contributed by atoms with van der Waals surface area (Å²) in [6.45, 7) is 7.80. The van der Waals surface area contributed by atoms with E-state index in [0.29, 0.717) is 17.6 Å². The van der Waals surface area contributed by atoms with E-state index in [-0.39, 0.29) is 25.2 Å². The largest absolute Gasteiger partial charge is 0.482 e. The number of carbonyl (C=O) groups is 2. The minimum atomic E-state index is -0.541. The second-order valence-corrected chi connectivity index (χ2v) is 7.16. The van der Waals surface area contributed by atoms with Crippen molar-refractivity contribution in [2.24, 2.45) is 11.8 Å². The summed E-state index contributed by atoms with van der Waals surface area (Å²) in [5, 5.41) is 2.99. The Balaban J connectivity index is 1.72. The van der Waals surface area contributed by atoms with E-state index < -0.39 is 5.97 Å². The van der Waals surface area contributed by atoms with Crippen LogP contribution in [0.4, 0.5) is 0 Å². The van der Waals surface area contributed by atoms with E-state index in [1.54, 1.807) is 0 Å². The molecule has 1 N–H and O–H groups in total. The Morgan fingerprint density at radius 1 is 1.16 bits per heavy atom. The molecule has 1 fully saturated rings. The van der Waals surface area contributed by atoms with Crippen LogP contribution in [-0.4, -0.2) is 31.1 Å². The van der Waals surface area contributed by atoms with Gasteiger partial charge < -0.3 is 14.8 Å². The number of nitrogens with one attached hydrogen (secondary N) is 1. The first-order valence-corrected chi connectivity index (χ1v) is 9.02. The zero-order chi connectivity index (χ0) is 18.4. The highest BCUT2D eigenvalue weighted by Gasteiger charge is 2.28. The fourth-order valence-electron chi connectivity index (χ4n) is 3.22. The summed E-state index contributed by atoms with van der Waals surface area (Å²) >= 11 is 0. The lowest BCUT2D eigenvalue weighted by Crippen LogP contribution is -2.45. The second kappa shape index (κ2) is 8.88. The van der Waals surface area contributed by atoms with E-state index in [4.69, 9.17) is 9.47 Å². The average Bonchev–Trinajstić information content (AvgIpc) is 2.58. The molecule has 0 bridgehead atoms. The molecular formula is C20H29NO4. The van der Waals surface area contributed by atoms with Crippen molar-refractivity contribution in [1.82, 2.24) is 5.32 Å². The van der Waals surface area contributed by atoms with Gasteiger partial charge in [-0.1, -0.05) is 38.8 Å². The van der Waals surface area contributed by atoms with Crippen LogP contribution in [0.2, 0.25) is 0 Å². The first kappa shape index (κ1) is 19.3. The smallest absolute Gasteiger partial charge is 0.344 e. The quantitative estimate of drug-likeness (QED) is 0.803. The van der Waals surface area contributed by atoms with Crippen molar-refractivity contribution < 1.29 is 19.1 Å². The zero-order valence-corrected chi connectivity index (χ0v) is 15.6. The van der Waals surface area contributed by atoms with Crippen molar-refractivity contribution in [3.05, 3.63) is 29.3 Å². The third-order valence-electron chi connectivity index (χ3n) is 5.11. The average molecular weight is 347 g/mol. The van der Waals surface area contributed by atoms with Crippen molar-refractivity contribution in [3.63, 3.8) is 0 Å². The summed E-state index contributed by atoms with van der Waals surface area (Å²) in [5.41, 5.74) is 2.01. The zero-order valence-electron chi connectivity index (χ0n) is 15.6. The van der Waals surface area contributed by atoms with Gasteiger partial charge in [0.15, 0.2) is 13.2 Å². The van der Waals surface area contributed by atoms with Crippen LogP contribution in [0.5, 0.6) is 5.75 Å². The molecule has 0 unspecified atom stereocenters. The molecule has 0 spiro atoms. The van der Waals surface area contributed by atoms with Crippen molar-refractivity contribution in [2.45, 2.75) is 53.0 Å². The highest BCUT2D eigenvalue weighted by atomic mass is 16.6. The van der Waals surface area contributed by atoms with Gasteiger partial charge in [-0.2, -0.15) is 0 Å². The predicted molar refractivity (Wildman–Crippen MR) is 96.5 cm³/mol. The summed E-state index contributed by atoms with van der Waals surface area (Å²) < 4.78 is 10.5. The molecule has 1 aliphatic rings. The Bertz CT molecular complexity index is 614. The molecule has 1 aliphatic carbocycles. The fraction of sp³-hybridized carbons (Fsp3) is 0.600. The molecule has 138 valence electrons. The van der Waals surface area contributed by atoms with Crippen LogP contribution in [0.15, 0.2) is 18.2 Å². The van der Waals surface area contributed by atoms with E-state index in [9.17, 15) is 9.59 Å². The standard InChI is InChI=1S/C20H29NO4/c1-13-8-9-15(3)18(10-13)24-12-20(23)25-11-19(22)21-17-7-5-6-14(2)16(17)4/h8-10,14,16-17H,5-7,11-12H2,1-4H3,(H,21,22)/t14-,16-,17-/m0/s1. The van der Waals surface area contributed by atoms with Crippen molar-refractivity contribution >= 4 is 11.9 Å². The Kier molecular flexibility index (Phi) is 6.85. The summed E-state index contributed by atoms with van der Waals surface area (Å²) in [6, 6.07) is 5.97. The SMILES string of the molecule is Cc1ccc(C)c(OCC(=O)OCC(=O)N[C@H]2CCC[C@H](C)[C@@H]2C)c1. The highest BCUT2D eigenvalue weighted by Crippen LogP contribution is 2.29. The number of hydrogen-bond acceptors (Lipinski definition) is 4. The lowest BCUT2D eigenvalue weighted by Gasteiger charge is -2.34. The Morgan fingerprint density at radius 3 is 2.68 bits per heavy atom. The van der Waals surface area contributed by atoms with Gasteiger partial charge in [0.25, 0.3) is 5.91 Å². The summed E-state index contributed by atoms with van der Waals surface area (Å²) in [5.74, 6) is 0.923. The number of aryl methyl sites for hydroxylation is 2. The lowest BCUT2D eigenvalue weighted by molar-refractivity contribution is -0.150. The minimum Gasteiger partial charge on any atom is -0.482 e. The number of esters is 1. The summed E-state index contributed by atoms with van der Waals surface area (Å²) in [7, 11) is 0. The van der Waals surface area contributed by atoms with Gasteiger partial charge in [0.05, 0.1) is 0 Å². The van der Waals surface area contributed by atoms with Crippen molar-refractivity contribution in [1.29, 1.82) is 0 Å². The molecule has 25 heavy (non-hydrogen) atoms. The molecule has 1 amide bonds. The van der Waals surface area contributed by atoms with Crippen molar-refractivity contribution in [2.75, 3.05) is 13.2 Å². The molecule has 1 aromatic rings.